The van der Waals surface area contributed by atoms with E-state index in [-0.39, 0.29) is 29.8 Å². The van der Waals surface area contributed by atoms with E-state index < -0.39 is 10.0 Å². The van der Waals surface area contributed by atoms with Crippen molar-refractivity contribution in [2.24, 2.45) is 0 Å². The molecule has 0 saturated carbocycles. The van der Waals surface area contributed by atoms with Gasteiger partial charge in [-0.3, -0.25) is 4.79 Å². The molecule has 0 radical (unpaired) electrons. The highest BCUT2D eigenvalue weighted by Crippen LogP contribution is 2.17. The van der Waals surface area contributed by atoms with Gasteiger partial charge in [0.1, 0.15) is 0 Å². The van der Waals surface area contributed by atoms with E-state index in [0.29, 0.717) is 5.56 Å². The van der Waals surface area contributed by atoms with Crippen LogP contribution in [0.2, 0.25) is 0 Å². The van der Waals surface area contributed by atoms with Gasteiger partial charge in [-0.05, 0) is 55.7 Å². The molecule has 1 atom stereocenters. The molecule has 7 nitrogen and oxygen atoms in total. The van der Waals surface area contributed by atoms with Gasteiger partial charge in [0.05, 0.1) is 17.3 Å². The molecule has 3 rings (SSSR count). The Morgan fingerprint density at radius 1 is 1.13 bits per heavy atom. The molecule has 158 valence electrons. The summed E-state index contributed by atoms with van der Waals surface area (Å²) >= 11 is 0. The average Bonchev–Trinajstić information content (AvgIpc) is 3.24. The number of hydrogen-bond acceptors (Lipinski definition) is 4. The van der Waals surface area contributed by atoms with Crippen molar-refractivity contribution in [1.29, 1.82) is 0 Å². The number of hydrogen-bond donors (Lipinski definition) is 2. The van der Waals surface area contributed by atoms with E-state index in [1.807, 2.05) is 54.9 Å². The molecule has 30 heavy (non-hydrogen) atoms. The summed E-state index contributed by atoms with van der Waals surface area (Å²) in [5.41, 5.74) is 3.48. The smallest absolute Gasteiger partial charge is 0.240 e. The van der Waals surface area contributed by atoms with Crippen LogP contribution in [0.25, 0.3) is 5.69 Å². The number of carbonyl (C=O) groups is 1. The topological polar surface area (TPSA) is 93.1 Å². The number of rotatable bonds is 8. The van der Waals surface area contributed by atoms with Gasteiger partial charge in [-0.25, -0.2) is 18.1 Å². The van der Waals surface area contributed by atoms with Crippen molar-refractivity contribution in [1.82, 2.24) is 19.6 Å². The lowest BCUT2D eigenvalue weighted by molar-refractivity contribution is -0.121. The molecule has 2 N–H and O–H groups in total. The third kappa shape index (κ3) is 5.34. The van der Waals surface area contributed by atoms with Gasteiger partial charge in [-0.2, -0.15) is 0 Å². The number of amides is 1. The van der Waals surface area contributed by atoms with Crippen LogP contribution in [0.5, 0.6) is 0 Å². The van der Waals surface area contributed by atoms with Gasteiger partial charge in [0.2, 0.25) is 15.9 Å². The summed E-state index contributed by atoms with van der Waals surface area (Å²) < 4.78 is 29.4. The lowest BCUT2D eigenvalue weighted by Crippen LogP contribution is -2.32. The van der Waals surface area contributed by atoms with Crippen LogP contribution in [-0.2, 0) is 14.8 Å². The van der Waals surface area contributed by atoms with Crippen molar-refractivity contribution in [3.05, 3.63) is 77.9 Å². The van der Waals surface area contributed by atoms with Crippen LogP contribution in [0, 0.1) is 13.8 Å². The molecular formula is C22H26N4O3S. The van der Waals surface area contributed by atoms with Gasteiger partial charge in [0.15, 0.2) is 0 Å². The summed E-state index contributed by atoms with van der Waals surface area (Å²) in [6.07, 6.45) is 5.35. The number of benzene rings is 2. The molecule has 2 aromatic carbocycles. The maximum Gasteiger partial charge on any atom is 0.240 e. The molecule has 0 aliphatic heterocycles. The Balaban J connectivity index is 1.52. The molecule has 8 heteroatoms. The van der Waals surface area contributed by atoms with E-state index in [2.05, 4.69) is 15.0 Å². The van der Waals surface area contributed by atoms with Crippen LogP contribution in [-0.4, -0.2) is 30.4 Å². The maximum absolute atomic E-state index is 12.5. The van der Waals surface area contributed by atoms with E-state index >= 15 is 0 Å². The van der Waals surface area contributed by atoms with E-state index in [0.717, 1.165) is 16.8 Å². The monoisotopic (exact) mass is 426 g/mol. The van der Waals surface area contributed by atoms with Gasteiger partial charge < -0.3 is 9.88 Å². The number of nitrogens with zero attached hydrogens (tertiary/aromatic N) is 2. The van der Waals surface area contributed by atoms with Crippen LogP contribution < -0.4 is 10.0 Å². The first-order valence-electron chi connectivity index (χ1n) is 9.71. The molecule has 1 heterocycles. The van der Waals surface area contributed by atoms with Gasteiger partial charge in [-0.1, -0.05) is 24.3 Å². The van der Waals surface area contributed by atoms with Crippen molar-refractivity contribution in [3.63, 3.8) is 0 Å². The third-order valence-electron chi connectivity index (χ3n) is 4.85. The highest BCUT2D eigenvalue weighted by molar-refractivity contribution is 7.89. The Bertz CT molecular complexity index is 1110. The minimum Gasteiger partial charge on any atom is -0.350 e. The zero-order chi connectivity index (χ0) is 21.7. The number of sulfonamides is 1. The summed E-state index contributed by atoms with van der Waals surface area (Å²) in [6.45, 7) is 5.52. The molecule has 1 amide bonds. The molecule has 0 spiro atoms. The summed E-state index contributed by atoms with van der Waals surface area (Å²) in [5.74, 6) is -0.218. The molecule has 0 saturated heterocycles. The lowest BCUT2D eigenvalue weighted by atomic mass is 10.1. The molecule has 0 aliphatic rings. The van der Waals surface area contributed by atoms with Crippen LogP contribution in [0.1, 0.15) is 36.1 Å². The fraction of sp³-hybridized carbons (Fsp3) is 0.273. The second-order valence-corrected chi connectivity index (χ2v) is 9.00. The quantitative estimate of drug-likeness (QED) is 0.579. The first-order valence-corrected chi connectivity index (χ1v) is 11.2. The summed E-state index contributed by atoms with van der Waals surface area (Å²) in [7, 11) is -3.65. The fourth-order valence-corrected chi connectivity index (χ4v) is 4.48. The van der Waals surface area contributed by atoms with Crippen molar-refractivity contribution in [3.8, 4) is 5.69 Å². The Kier molecular flexibility index (Phi) is 6.69. The van der Waals surface area contributed by atoms with Crippen molar-refractivity contribution < 1.29 is 13.2 Å². The van der Waals surface area contributed by atoms with E-state index in [1.165, 1.54) is 0 Å². The summed E-state index contributed by atoms with van der Waals surface area (Å²) in [4.78, 5) is 16.5. The van der Waals surface area contributed by atoms with E-state index in [9.17, 15) is 13.2 Å². The molecule has 0 aliphatic carbocycles. The highest BCUT2D eigenvalue weighted by atomic mass is 32.2. The second-order valence-electron chi connectivity index (χ2n) is 7.27. The van der Waals surface area contributed by atoms with Gasteiger partial charge in [-0.15, -0.1) is 0 Å². The van der Waals surface area contributed by atoms with Gasteiger partial charge in [0, 0.05) is 31.0 Å². The Labute approximate surface area is 177 Å². The maximum atomic E-state index is 12.5. The normalized spacial score (nSPS) is 12.5. The predicted molar refractivity (Wildman–Crippen MR) is 116 cm³/mol. The van der Waals surface area contributed by atoms with Gasteiger partial charge in [0.25, 0.3) is 0 Å². The lowest BCUT2D eigenvalue weighted by Gasteiger charge is -2.15. The predicted octanol–water partition coefficient (Wildman–Crippen LogP) is 3.03. The minimum atomic E-state index is -3.65. The van der Waals surface area contributed by atoms with Crippen molar-refractivity contribution in [2.45, 2.75) is 38.1 Å². The molecule has 3 aromatic rings. The van der Waals surface area contributed by atoms with Crippen LogP contribution in [0.4, 0.5) is 0 Å². The molecule has 1 unspecified atom stereocenters. The molecule has 0 fully saturated rings. The minimum absolute atomic E-state index is 0.0356. The standard InChI is InChI=1S/C22H26N4O3S/c1-16-4-5-17(2)21(14-16)30(28,29)24-11-10-22(27)25-18(3)19-6-8-20(9-7-19)26-13-12-23-15-26/h4-9,12-15,18,24H,10-11H2,1-3H3,(H,25,27). The van der Waals surface area contributed by atoms with E-state index in [1.54, 1.807) is 31.6 Å². The second kappa shape index (κ2) is 9.23. The number of nitrogens with one attached hydrogen (secondary N) is 2. The van der Waals surface area contributed by atoms with Crippen molar-refractivity contribution in [2.75, 3.05) is 6.54 Å². The number of carbonyl (C=O) groups excluding carboxylic acids is 1. The Morgan fingerprint density at radius 3 is 2.53 bits per heavy atom. The largest absolute Gasteiger partial charge is 0.350 e. The first kappa shape index (κ1) is 21.7. The zero-order valence-electron chi connectivity index (χ0n) is 17.3. The van der Waals surface area contributed by atoms with Gasteiger partial charge >= 0.3 is 0 Å². The molecule has 0 bridgehead atoms. The number of aryl methyl sites for hydroxylation is 2. The number of aromatic nitrogens is 2. The van der Waals surface area contributed by atoms with E-state index in [4.69, 9.17) is 0 Å². The summed E-state index contributed by atoms with van der Waals surface area (Å²) in [5, 5.41) is 2.90. The fourth-order valence-electron chi connectivity index (χ4n) is 3.12. The van der Waals surface area contributed by atoms with Crippen LogP contribution >= 0.6 is 0 Å². The zero-order valence-corrected chi connectivity index (χ0v) is 18.1. The van der Waals surface area contributed by atoms with Crippen molar-refractivity contribution >= 4 is 15.9 Å². The summed E-state index contributed by atoms with van der Waals surface area (Å²) in [6, 6.07) is 12.9. The average molecular weight is 427 g/mol. The first-order chi connectivity index (χ1) is 14.3. The highest BCUT2D eigenvalue weighted by Gasteiger charge is 2.17. The third-order valence-corrected chi connectivity index (χ3v) is 6.45. The Morgan fingerprint density at radius 2 is 1.87 bits per heavy atom. The SMILES string of the molecule is Cc1ccc(C)c(S(=O)(=O)NCCC(=O)NC(C)c2ccc(-n3ccnc3)cc2)c1. The molecule has 1 aromatic heterocycles. The van der Waals surface area contributed by atoms with Crippen LogP contribution in [0.15, 0.2) is 66.1 Å². The Hall–Kier alpha value is -2.97. The molecular weight excluding hydrogens is 400 g/mol. The number of imidazole rings is 1. The van der Waals surface area contributed by atoms with Crippen LogP contribution in [0.3, 0.4) is 0 Å².